The summed E-state index contributed by atoms with van der Waals surface area (Å²) in [7, 11) is 0. The van der Waals surface area contributed by atoms with Crippen molar-refractivity contribution in [2.24, 2.45) is 17.8 Å². The SMILES string of the molecule is O=C1C[C@@]2(CC[C@H]3[C@@H](C(=O)Nc4nccs4)[C@@H]32)Oc2ccccc21. The maximum absolute atomic E-state index is 12.6. The highest BCUT2D eigenvalue weighted by molar-refractivity contribution is 7.13. The maximum Gasteiger partial charge on any atom is 0.230 e. The molecule has 5 rings (SSSR count). The van der Waals surface area contributed by atoms with E-state index in [0.29, 0.717) is 28.8 Å². The van der Waals surface area contributed by atoms with Crippen molar-refractivity contribution in [2.45, 2.75) is 24.9 Å². The van der Waals surface area contributed by atoms with Gasteiger partial charge in [-0.15, -0.1) is 11.3 Å². The molecule has 3 aliphatic rings. The van der Waals surface area contributed by atoms with Crippen LogP contribution in [0.3, 0.4) is 0 Å². The van der Waals surface area contributed by atoms with E-state index in [9.17, 15) is 9.59 Å². The van der Waals surface area contributed by atoms with Crippen LogP contribution in [0.2, 0.25) is 0 Å². The molecule has 1 amide bonds. The van der Waals surface area contributed by atoms with E-state index in [1.807, 2.05) is 29.6 Å². The van der Waals surface area contributed by atoms with Crippen LogP contribution in [0.15, 0.2) is 35.8 Å². The van der Waals surface area contributed by atoms with Gasteiger partial charge in [-0.05, 0) is 30.9 Å². The van der Waals surface area contributed by atoms with E-state index >= 15 is 0 Å². The van der Waals surface area contributed by atoms with Crippen molar-refractivity contribution in [2.75, 3.05) is 5.32 Å². The summed E-state index contributed by atoms with van der Waals surface area (Å²) in [5, 5.41) is 5.36. The highest BCUT2D eigenvalue weighted by atomic mass is 32.1. The summed E-state index contributed by atoms with van der Waals surface area (Å²) >= 11 is 1.41. The molecule has 2 aliphatic carbocycles. The maximum atomic E-state index is 12.6. The second-order valence-corrected chi connectivity index (χ2v) is 7.74. The molecule has 1 spiro atoms. The molecule has 1 aromatic carbocycles. The molecule has 1 aliphatic heterocycles. The van der Waals surface area contributed by atoms with E-state index in [1.165, 1.54) is 11.3 Å². The quantitative estimate of drug-likeness (QED) is 0.912. The molecule has 2 fully saturated rings. The molecule has 0 radical (unpaired) electrons. The minimum absolute atomic E-state index is 0.00827. The van der Waals surface area contributed by atoms with Crippen molar-refractivity contribution in [1.29, 1.82) is 0 Å². The topological polar surface area (TPSA) is 68.3 Å². The third-order valence-electron chi connectivity index (χ3n) is 5.60. The van der Waals surface area contributed by atoms with Gasteiger partial charge in [0.1, 0.15) is 11.4 Å². The highest BCUT2D eigenvalue weighted by Crippen LogP contribution is 2.65. The van der Waals surface area contributed by atoms with Crippen LogP contribution in [0.1, 0.15) is 29.6 Å². The molecular weight excluding hydrogens is 324 g/mol. The van der Waals surface area contributed by atoms with E-state index in [0.717, 1.165) is 12.8 Å². The number of Topliss-reactive ketones (excluding diaryl/α,β-unsaturated/α-hetero) is 1. The van der Waals surface area contributed by atoms with Gasteiger partial charge in [-0.1, -0.05) is 12.1 Å². The number of fused-ring (bicyclic) bond motifs is 3. The number of carbonyl (C=O) groups is 2. The minimum atomic E-state index is -0.499. The summed E-state index contributed by atoms with van der Waals surface area (Å²) in [4.78, 5) is 29.2. The van der Waals surface area contributed by atoms with Crippen LogP contribution in [0.25, 0.3) is 0 Å². The molecule has 6 heteroatoms. The molecule has 4 atom stereocenters. The molecule has 122 valence electrons. The number of carbonyl (C=O) groups excluding carboxylic acids is 2. The fourth-order valence-electron chi connectivity index (χ4n) is 4.59. The number of amides is 1. The van der Waals surface area contributed by atoms with E-state index in [1.54, 1.807) is 6.20 Å². The fraction of sp³-hybridized carbons (Fsp3) is 0.389. The van der Waals surface area contributed by atoms with E-state index < -0.39 is 5.60 Å². The van der Waals surface area contributed by atoms with Gasteiger partial charge in [0.2, 0.25) is 5.91 Å². The first-order valence-electron chi connectivity index (χ1n) is 8.20. The summed E-state index contributed by atoms with van der Waals surface area (Å²) < 4.78 is 6.31. The van der Waals surface area contributed by atoms with Crippen LogP contribution in [0.5, 0.6) is 5.75 Å². The number of anilines is 1. The Hall–Kier alpha value is -2.21. The van der Waals surface area contributed by atoms with Gasteiger partial charge in [-0.3, -0.25) is 9.59 Å². The number of rotatable bonds is 2. The summed E-state index contributed by atoms with van der Waals surface area (Å²) in [6.45, 7) is 0. The first kappa shape index (κ1) is 14.2. The average molecular weight is 340 g/mol. The molecule has 0 bridgehead atoms. The molecule has 24 heavy (non-hydrogen) atoms. The highest BCUT2D eigenvalue weighted by Gasteiger charge is 2.70. The van der Waals surface area contributed by atoms with Crippen molar-refractivity contribution in [3.05, 3.63) is 41.4 Å². The zero-order valence-corrected chi connectivity index (χ0v) is 13.7. The van der Waals surface area contributed by atoms with E-state index in [2.05, 4.69) is 10.3 Å². The van der Waals surface area contributed by atoms with Gasteiger partial charge in [-0.2, -0.15) is 0 Å². The van der Waals surface area contributed by atoms with Crippen LogP contribution in [0, 0.1) is 17.8 Å². The first-order valence-corrected chi connectivity index (χ1v) is 9.07. The normalized spacial score (nSPS) is 32.8. The number of aromatic nitrogens is 1. The molecule has 0 unspecified atom stereocenters. The van der Waals surface area contributed by atoms with Crippen molar-refractivity contribution in [1.82, 2.24) is 4.98 Å². The Labute approximate surface area is 143 Å². The number of para-hydroxylation sites is 1. The molecule has 1 N–H and O–H groups in total. The summed E-state index contributed by atoms with van der Waals surface area (Å²) in [6.07, 6.45) is 3.85. The Morgan fingerprint density at radius 1 is 1.38 bits per heavy atom. The van der Waals surface area contributed by atoms with Gasteiger partial charge >= 0.3 is 0 Å². The third-order valence-corrected chi connectivity index (χ3v) is 6.29. The van der Waals surface area contributed by atoms with Crippen LogP contribution < -0.4 is 10.1 Å². The van der Waals surface area contributed by atoms with Crippen molar-refractivity contribution < 1.29 is 14.3 Å². The number of ketones is 1. The molecule has 5 nitrogen and oxygen atoms in total. The zero-order valence-electron chi connectivity index (χ0n) is 12.9. The Bertz CT molecular complexity index is 835. The summed E-state index contributed by atoms with van der Waals surface area (Å²) in [6, 6.07) is 7.42. The molecule has 1 aromatic heterocycles. The van der Waals surface area contributed by atoms with Gasteiger partial charge in [0.05, 0.1) is 12.0 Å². The van der Waals surface area contributed by atoms with Gasteiger partial charge in [0, 0.05) is 23.4 Å². The number of nitrogens with one attached hydrogen (secondary N) is 1. The van der Waals surface area contributed by atoms with Crippen molar-refractivity contribution in [3.63, 3.8) is 0 Å². The van der Waals surface area contributed by atoms with Gasteiger partial charge in [-0.25, -0.2) is 4.98 Å². The molecule has 2 heterocycles. The smallest absolute Gasteiger partial charge is 0.230 e. The predicted octanol–water partition coefficient (Wildman–Crippen LogP) is 3.14. The molecule has 2 saturated carbocycles. The van der Waals surface area contributed by atoms with Gasteiger partial charge in [0.15, 0.2) is 10.9 Å². The molecule has 2 aromatic rings. The average Bonchev–Trinajstić information content (AvgIpc) is 2.91. The predicted molar refractivity (Wildman–Crippen MR) is 89.2 cm³/mol. The lowest BCUT2D eigenvalue weighted by Gasteiger charge is -2.37. The Morgan fingerprint density at radius 3 is 3.08 bits per heavy atom. The second kappa shape index (κ2) is 4.89. The van der Waals surface area contributed by atoms with E-state index in [4.69, 9.17) is 4.74 Å². The van der Waals surface area contributed by atoms with E-state index in [-0.39, 0.29) is 23.5 Å². The standard InChI is InChI=1S/C18H16N2O3S/c21-12-9-18(23-13-4-2-1-3-10(12)13)6-5-11-14(15(11)18)16(22)20-17-19-7-8-24-17/h1-4,7-8,11,14-15H,5-6,9H2,(H,19,20,22)/t11-,14+,15+,18+/m0/s1. The number of hydrogen-bond donors (Lipinski definition) is 1. The largest absolute Gasteiger partial charge is 0.486 e. The minimum Gasteiger partial charge on any atom is -0.486 e. The second-order valence-electron chi connectivity index (χ2n) is 6.84. The van der Waals surface area contributed by atoms with Crippen LogP contribution in [-0.2, 0) is 4.79 Å². The third kappa shape index (κ3) is 1.95. The molecule has 0 saturated heterocycles. The lowest BCUT2D eigenvalue weighted by atomic mass is 9.84. The summed E-state index contributed by atoms with van der Waals surface area (Å²) in [5.74, 6) is 1.19. The zero-order chi connectivity index (χ0) is 16.3. The van der Waals surface area contributed by atoms with Crippen LogP contribution >= 0.6 is 11.3 Å². The van der Waals surface area contributed by atoms with Crippen molar-refractivity contribution in [3.8, 4) is 5.75 Å². The Morgan fingerprint density at radius 2 is 2.25 bits per heavy atom. The monoisotopic (exact) mass is 340 g/mol. The number of nitrogens with zero attached hydrogens (tertiary/aromatic N) is 1. The Balaban J connectivity index is 1.39. The summed E-state index contributed by atoms with van der Waals surface area (Å²) in [5.41, 5.74) is 0.164. The van der Waals surface area contributed by atoms with Crippen LogP contribution in [-0.4, -0.2) is 22.3 Å². The lowest BCUT2D eigenvalue weighted by Crippen LogP contribution is -2.44. The number of ether oxygens (including phenoxy) is 1. The lowest BCUT2D eigenvalue weighted by molar-refractivity contribution is -0.119. The van der Waals surface area contributed by atoms with Crippen molar-refractivity contribution >= 4 is 28.2 Å². The first-order chi connectivity index (χ1) is 11.7. The number of thiazole rings is 1. The van der Waals surface area contributed by atoms with Gasteiger partial charge in [0.25, 0.3) is 0 Å². The fourth-order valence-corrected chi connectivity index (χ4v) is 5.12. The molecular formula is C18H16N2O3S. The number of hydrogen-bond acceptors (Lipinski definition) is 5. The van der Waals surface area contributed by atoms with Crippen LogP contribution in [0.4, 0.5) is 5.13 Å². The number of benzene rings is 1. The van der Waals surface area contributed by atoms with Gasteiger partial charge < -0.3 is 10.1 Å². The Kier molecular flexibility index (Phi) is 2.89.